The second-order valence-corrected chi connectivity index (χ2v) is 5.32. The van der Waals surface area contributed by atoms with Gasteiger partial charge in [-0.25, -0.2) is 9.18 Å². The van der Waals surface area contributed by atoms with Crippen molar-refractivity contribution < 1.29 is 23.8 Å². The van der Waals surface area contributed by atoms with Crippen molar-refractivity contribution in [3.63, 3.8) is 0 Å². The van der Waals surface area contributed by atoms with E-state index in [2.05, 4.69) is 0 Å². The second kappa shape index (κ2) is 5.38. The molecule has 0 saturated carbocycles. The van der Waals surface area contributed by atoms with Crippen LogP contribution in [0.5, 0.6) is 0 Å². The number of halogens is 2. The van der Waals surface area contributed by atoms with Crippen molar-refractivity contribution in [2.24, 2.45) is 0 Å². The Morgan fingerprint density at radius 2 is 2.15 bits per heavy atom. The third-order valence-corrected chi connectivity index (χ3v) is 3.36. The lowest BCUT2D eigenvalue weighted by molar-refractivity contribution is -0.159. The van der Waals surface area contributed by atoms with Crippen LogP contribution in [0.1, 0.15) is 17.3 Å². The number of ether oxygens (including phenoxy) is 1. The molecule has 1 heterocycles. The van der Waals surface area contributed by atoms with Gasteiger partial charge in [-0.05, 0) is 25.1 Å². The molecule has 1 saturated heterocycles. The Kier molecular flexibility index (Phi) is 3.96. The Bertz CT molecular complexity index is 557. The van der Waals surface area contributed by atoms with Crippen LogP contribution in [-0.2, 0) is 9.53 Å². The van der Waals surface area contributed by atoms with Crippen LogP contribution in [0.25, 0.3) is 0 Å². The van der Waals surface area contributed by atoms with Crippen molar-refractivity contribution in [3.05, 3.63) is 34.6 Å². The van der Waals surface area contributed by atoms with Crippen molar-refractivity contribution in [2.45, 2.75) is 12.5 Å². The standard InChI is InChI=1S/C13H13ClFNO4/c1-13(20-5-11(17)18)6-16(7-13)12(19)9-3-2-8(15)4-10(9)14/h2-4H,5-7H2,1H3,(H,17,18). The van der Waals surface area contributed by atoms with Crippen molar-refractivity contribution in [3.8, 4) is 0 Å². The summed E-state index contributed by atoms with van der Waals surface area (Å²) in [5.41, 5.74) is -0.450. The average Bonchev–Trinajstić information content (AvgIpc) is 2.32. The third-order valence-electron chi connectivity index (χ3n) is 3.04. The van der Waals surface area contributed by atoms with Crippen molar-refractivity contribution in [1.29, 1.82) is 0 Å². The lowest BCUT2D eigenvalue weighted by Gasteiger charge is -2.47. The molecule has 108 valence electrons. The van der Waals surface area contributed by atoms with E-state index in [1.54, 1.807) is 6.92 Å². The summed E-state index contributed by atoms with van der Waals surface area (Å²) in [5, 5.41) is 8.60. The number of hydrogen-bond acceptors (Lipinski definition) is 3. The molecular weight excluding hydrogens is 289 g/mol. The van der Waals surface area contributed by atoms with E-state index < -0.39 is 24.0 Å². The Labute approximate surface area is 119 Å². The molecule has 0 spiro atoms. The Morgan fingerprint density at radius 3 is 2.70 bits per heavy atom. The van der Waals surface area contributed by atoms with E-state index in [9.17, 15) is 14.0 Å². The summed E-state index contributed by atoms with van der Waals surface area (Å²) >= 11 is 5.83. The molecule has 20 heavy (non-hydrogen) atoms. The molecule has 1 aromatic carbocycles. The molecule has 1 aliphatic heterocycles. The predicted octanol–water partition coefficient (Wildman–Crippen LogP) is 1.79. The van der Waals surface area contributed by atoms with E-state index in [1.165, 1.54) is 17.0 Å². The molecule has 1 aliphatic rings. The summed E-state index contributed by atoms with van der Waals surface area (Å²) in [4.78, 5) is 24.0. The van der Waals surface area contributed by atoms with Crippen molar-refractivity contribution in [2.75, 3.05) is 19.7 Å². The van der Waals surface area contributed by atoms with Gasteiger partial charge < -0.3 is 14.7 Å². The smallest absolute Gasteiger partial charge is 0.329 e. The van der Waals surface area contributed by atoms with E-state index in [4.69, 9.17) is 21.4 Å². The highest BCUT2D eigenvalue weighted by Crippen LogP contribution is 2.28. The van der Waals surface area contributed by atoms with E-state index in [-0.39, 0.29) is 29.6 Å². The highest BCUT2D eigenvalue weighted by molar-refractivity contribution is 6.33. The van der Waals surface area contributed by atoms with Gasteiger partial charge in [0.05, 0.1) is 23.7 Å². The topological polar surface area (TPSA) is 66.8 Å². The Hall–Kier alpha value is -1.66. The van der Waals surface area contributed by atoms with Gasteiger partial charge in [0.1, 0.15) is 18.0 Å². The maximum Gasteiger partial charge on any atom is 0.329 e. The number of hydrogen-bond donors (Lipinski definition) is 1. The number of rotatable bonds is 4. The van der Waals surface area contributed by atoms with Gasteiger partial charge in [-0.2, -0.15) is 0 Å². The van der Waals surface area contributed by atoms with Gasteiger partial charge in [0.25, 0.3) is 5.91 Å². The summed E-state index contributed by atoms with van der Waals surface area (Å²) in [5.74, 6) is -1.89. The fraction of sp³-hybridized carbons (Fsp3) is 0.385. The number of carboxylic acids is 1. The van der Waals surface area contributed by atoms with E-state index in [0.29, 0.717) is 0 Å². The predicted molar refractivity (Wildman–Crippen MR) is 69.3 cm³/mol. The first-order valence-electron chi connectivity index (χ1n) is 5.91. The molecular formula is C13H13ClFNO4. The summed E-state index contributed by atoms with van der Waals surface area (Å²) < 4.78 is 18.1. The zero-order valence-electron chi connectivity index (χ0n) is 10.7. The molecule has 1 aromatic rings. The van der Waals surface area contributed by atoms with Gasteiger partial charge >= 0.3 is 5.97 Å². The lowest BCUT2D eigenvalue weighted by atomic mass is 9.95. The van der Waals surface area contributed by atoms with Gasteiger partial charge in [-0.1, -0.05) is 11.6 Å². The van der Waals surface area contributed by atoms with Gasteiger partial charge in [0.15, 0.2) is 0 Å². The van der Waals surface area contributed by atoms with Crippen LogP contribution in [0, 0.1) is 5.82 Å². The van der Waals surface area contributed by atoms with E-state index >= 15 is 0 Å². The molecule has 1 amide bonds. The Balaban J connectivity index is 1.98. The number of benzene rings is 1. The monoisotopic (exact) mass is 301 g/mol. The van der Waals surface area contributed by atoms with Gasteiger partial charge in [-0.15, -0.1) is 0 Å². The zero-order chi connectivity index (χ0) is 14.9. The Morgan fingerprint density at radius 1 is 1.50 bits per heavy atom. The van der Waals surface area contributed by atoms with Crippen LogP contribution in [0.3, 0.4) is 0 Å². The second-order valence-electron chi connectivity index (χ2n) is 4.92. The van der Waals surface area contributed by atoms with Crippen LogP contribution in [0.4, 0.5) is 4.39 Å². The summed E-state index contributed by atoms with van der Waals surface area (Å²) in [6.45, 7) is 1.86. The van der Waals surface area contributed by atoms with Gasteiger partial charge in [0.2, 0.25) is 0 Å². The summed E-state index contributed by atoms with van der Waals surface area (Å²) in [6.07, 6.45) is 0. The zero-order valence-corrected chi connectivity index (χ0v) is 11.5. The maximum absolute atomic E-state index is 12.9. The molecule has 5 nitrogen and oxygen atoms in total. The molecule has 0 radical (unpaired) electrons. The maximum atomic E-state index is 12.9. The first-order valence-corrected chi connectivity index (χ1v) is 6.29. The minimum Gasteiger partial charge on any atom is -0.480 e. The summed E-state index contributed by atoms with van der Waals surface area (Å²) in [7, 11) is 0. The summed E-state index contributed by atoms with van der Waals surface area (Å²) in [6, 6.07) is 3.57. The minimum atomic E-state index is -1.06. The van der Waals surface area contributed by atoms with Gasteiger partial charge in [0, 0.05) is 0 Å². The molecule has 0 unspecified atom stereocenters. The molecule has 1 fully saturated rings. The minimum absolute atomic E-state index is 0.0510. The van der Waals surface area contributed by atoms with Crippen LogP contribution in [0.2, 0.25) is 5.02 Å². The number of aliphatic carboxylic acids is 1. The lowest BCUT2D eigenvalue weighted by Crippen LogP contribution is -2.63. The SMILES string of the molecule is CC1(OCC(=O)O)CN(C(=O)c2ccc(F)cc2Cl)C1. The quantitative estimate of drug-likeness (QED) is 0.921. The van der Waals surface area contributed by atoms with Crippen LogP contribution in [0.15, 0.2) is 18.2 Å². The number of carbonyl (C=O) groups is 2. The van der Waals surface area contributed by atoms with E-state index in [0.717, 1.165) is 6.07 Å². The van der Waals surface area contributed by atoms with Crippen LogP contribution >= 0.6 is 11.6 Å². The number of carbonyl (C=O) groups excluding carboxylic acids is 1. The molecule has 7 heteroatoms. The normalized spacial score (nSPS) is 16.6. The molecule has 0 bridgehead atoms. The van der Waals surface area contributed by atoms with Crippen LogP contribution < -0.4 is 0 Å². The number of amides is 1. The van der Waals surface area contributed by atoms with Crippen molar-refractivity contribution in [1.82, 2.24) is 4.90 Å². The molecule has 2 rings (SSSR count). The van der Waals surface area contributed by atoms with E-state index in [1.807, 2.05) is 0 Å². The number of nitrogens with zero attached hydrogens (tertiary/aromatic N) is 1. The van der Waals surface area contributed by atoms with Crippen molar-refractivity contribution >= 4 is 23.5 Å². The number of carboxylic acid groups (broad SMARTS) is 1. The highest BCUT2D eigenvalue weighted by atomic mass is 35.5. The molecule has 0 atom stereocenters. The van der Waals surface area contributed by atoms with Gasteiger partial charge in [-0.3, -0.25) is 4.79 Å². The largest absolute Gasteiger partial charge is 0.480 e. The molecule has 0 aromatic heterocycles. The third kappa shape index (κ3) is 3.08. The fourth-order valence-corrected chi connectivity index (χ4v) is 2.31. The average molecular weight is 302 g/mol. The first kappa shape index (κ1) is 14.7. The van der Waals surface area contributed by atoms with Crippen LogP contribution in [-0.4, -0.2) is 47.2 Å². The molecule has 1 N–H and O–H groups in total. The molecule has 0 aliphatic carbocycles. The highest BCUT2D eigenvalue weighted by Gasteiger charge is 2.43. The fourth-order valence-electron chi connectivity index (χ4n) is 2.07. The number of likely N-dealkylation sites (tertiary alicyclic amines) is 1. The first-order chi connectivity index (χ1) is 9.31.